The van der Waals surface area contributed by atoms with Gasteiger partial charge in [0.05, 0.1) is 12.3 Å². The summed E-state index contributed by atoms with van der Waals surface area (Å²) in [7, 11) is 0. The molecule has 0 radical (unpaired) electrons. The molecule has 0 bridgehead atoms. The second kappa shape index (κ2) is 11.0. The number of amides is 2. The van der Waals surface area contributed by atoms with Crippen LogP contribution < -0.4 is 0 Å². The van der Waals surface area contributed by atoms with Gasteiger partial charge in [-0.1, -0.05) is 29.8 Å². The molecule has 5 rings (SSSR count). The minimum atomic E-state index is -0.603. The molecule has 2 aromatic rings. The fourth-order valence-corrected chi connectivity index (χ4v) is 6.49. The lowest BCUT2D eigenvalue weighted by Crippen LogP contribution is -2.44. The molecule has 3 aliphatic heterocycles. The molecule has 0 spiro atoms. The zero-order valence-corrected chi connectivity index (χ0v) is 23.7. The molecule has 3 heterocycles. The van der Waals surface area contributed by atoms with E-state index in [1.165, 1.54) is 17.7 Å². The highest BCUT2D eigenvalue weighted by Crippen LogP contribution is 2.40. The van der Waals surface area contributed by atoms with Crippen molar-refractivity contribution in [1.82, 2.24) is 14.7 Å². The zero-order valence-electron chi connectivity index (χ0n) is 23.7. The van der Waals surface area contributed by atoms with Crippen molar-refractivity contribution in [2.45, 2.75) is 70.8 Å². The lowest BCUT2D eigenvalue weighted by atomic mass is 9.83. The van der Waals surface area contributed by atoms with Gasteiger partial charge in [0, 0.05) is 56.8 Å². The highest BCUT2D eigenvalue weighted by molar-refractivity contribution is 5.81. The predicted molar refractivity (Wildman–Crippen MR) is 149 cm³/mol. The molecular weight excluding hydrogens is 496 g/mol. The van der Waals surface area contributed by atoms with E-state index < -0.39 is 11.6 Å². The van der Waals surface area contributed by atoms with Crippen LogP contribution in [0.1, 0.15) is 74.1 Å². The molecule has 3 aliphatic rings. The van der Waals surface area contributed by atoms with Crippen LogP contribution in [0.4, 0.5) is 8.78 Å². The molecular formula is C32H41F2N3O2. The van der Waals surface area contributed by atoms with Crippen LogP contribution in [0.5, 0.6) is 0 Å². The fourth-order valence-electron chi connectivity index (χ4n) is 6.49. The highest BCUT2D eigenvalue weighted by atomic mass is 19.1. The number of aryl methyl sites for hydroxylation is 1. The Balaban J connectivity index is 1.30. The Labute approximate surface area is 231 Å². The van der Waals surface area contributed by atoms with Gasteiger partial charge in [0.25, 0.3) is 0 Å². The van der Waals surface area contributed by atoms with Crippen LogP contribution in [0.15, 0.2) is 36.4 Å². The number of piperidine rings is 1. The first kappa shape index (κ1) is 27.8. The highest BCUT2D eigenvalue weighted by Gasteiger charge is 2.44. The number of carbonyl (C=O) groups excluding carboxylic acids is 2. The number of rotatable bonds is 5. The van der Waals surface area contributed by atoms with Crippen LogP contribution in [0, 0.1) is 24.5 Å². The molecule has 210 valence electrons. The summed E-state index contributed by atoms with van der Waals surface area (Å²) in [5.74, 6) is -1.30. The second-order valence-corrected chi connectivity index (χ2v) is 12.7. The Morgan fingerprint density at radius 2 is 1.59 bits per heavy atom. The van der Waals surface area contributed by atoms with Gasteiger partial charge in [-0.2, -0.15) is 0 Å². The lowest BCUT2D eigenvalue weighted by molar-refractivity contribution is -0.136. The first-order valence-corrected chi connectivity index (χ1v) is 14.4. The molecule has 2 aromatic carbocycles. The smallest absolute Gasteiger partial charge is 0.227 e. The number of nitrogens with zero attached hydrogens (tertiary/aromatic N) is 3. The van der Waals surface area contributed by atoms with Crippen molar-refractivity contribution in [2.24, 2.45) is 5.92 Å². The Bertz CT molecular complexity index is 1230. The maximum Gasteiger partial charge on any atom is 0.227 e. The van der Waals surface area contributed by atoms with E-state index in [4.69, 9.17) is 0 Å². The van der Waals surface area contributed by atoms with Gasteiger partial charge in [-0.3, -0.25) is 14.5 Å². The summed E-state index contributed by atoms with van der Waals surface area (Å²) in [6, 6.07) is 10.2. The Kier molecular flexibility index (Phi) is 7.82. The third-order valence-electron chi connectivity index (χ3n) is 9.04. The van der Waals surface area contributed by atoms with E-state index in [1.54, 1.807) is 0 Å². The largest absolute Gasteiger partial charge is 0.342 e. The standard InChI is InChI=1S/C32H41F2N3O2/c1-21-6-8-25(23(16-21)17-30(38)35-12-5-13-35)22-10-14-36(15-11-22)31(39)28-20-37(32(2,3)4)19-27(28)26-9-7-24(33)18-29(26)34/h6-9,16,18,22,27-28H,5,10-15,17,19-20H2,1-4H3. The molecule has 0 aliphatic carbocycles. The molecule has 2 unspecified atom stereocenters. The van der Waals surface area contributed by atoms with Gasteiger partial charge >= 0.3 is 0 Å². The van der Waals surface area contributed by atoms with E-state index in [0.29, 0.717) is 44.1 Å². The summed E-state index contributed by atoms with van der Waals surface area (Å²) in [4.78, 5) is 32.8. The van der Waals surface area contributed by atoms with Gasteiger partial charge in [-0.25, -0.2) is 8.78 Å². The first-order chi connectivity index (χ1) is 18.5. The predicted octanol–water partition coefficient (Wildman–Crippen LogP) is 5.27. The fraction of sp³-hybridized carbons (Fsp3) is 0.562. The molecule has 0 N–H and O–H groups in total. The molecule has 3 fully saturated rings. The number of likely N-dealkylation sites (tertiary alicyclic amines) is 3. The Morgan fingerprint density at radius 3 is 2.21 bits per heavy atom. The summed E-state index contributed by atoms with van der Waals surface area (Å²) in [6.45, 7) is 12.5. The molecule has 3 saturated heterocycles. The van der Waals surface area contributed by atoms with Gasteiger partial charge in [0.2, 0.25) is 11.8 Å². The Morgan fingerprint density at radius 1 is 0.897 bits per heavy atom. The van der Waals surface area contributed by atoms with E-state index >= 15 is 0 Å². The molecule has 2 amide bonds. The summed E-state index contributed by atoms with van der Waals surface area (Å²) in [6.07, 6.45) is 3.20. The molecule has 2 atom stereocenters. The topological polar surface area (TPSA) is 43.9 Å². The van der Waals surface area contributed by atoms with Crippen LogP contribution in [0.3, 0.4) is 0 Å². The number of benzene rings is 2. The first-order valence-electron chi connectivity index (χ1n) is 14.4. The minimum absolute atomic E-state index is 0.0611. The Hall–Kier alpha value is -2.80. The SMILES string of the molecule is Cc1ccc(C2CCN(C(=O)C3CN(C(C)(C)C)CC3c3ccc(F)cc3F)CC2)c(CC(=O)N2CCC2)c1. The third kappa shape index (κ3) is 5.88. The van der Waals surface area contributed by atoms with E-state index in [1.807, 2.05) is 9.80 Å². The van der Waals surface area contributed by atoms with Gasteiger partial charge in [0.1, 0.15) is 11.6 Å². The average Bonchev–Trinajstić information content (AvgIpc) is 3.28. The molecule has 0 saturated carbocycles. The van der Waals surface area contributed by atoms with Crippen LogP contribution in [0.2, 0.25) is 0 Å². The van der Waals surface area contributed by atoms with E-state index in [0.717, 1.165) is 49.5 Å². The number of halogens is 2. The molecule has 39 heavy (non-hydrogen) atoms. The number of hydrogen-bond donors (Lipinski definition) is 0. The van der Waals surface area contributed by atoms with E-state index in [-0.39, 0.29) is 29.2 Å². The summed E-state index contributed by atoms with van der Waals surface area (Å²) in [5.41, 5.74) is 3.76. The number of carbonyl (C=O) groups is 2. The quantitative estimate of drug-likeness (QED) is 0.522. The summed E-state index contributed by atoms with van der Waals surface area (Å²) >= 11 is 0. The molecule has 5 nitrogen and oxygen atoms in total. The van der Waals surface area contributed by atoms with Crippen molar-refractivity contribution in [2.75, 3.05) is 39.3 Å². The summed E-state index contributed by atoms with van der Waals surface area (Å²) < 4.78 is 28.5. The minimum Gasteiger partial charge on any atom is -0.342 e. The van der Waals surface area contributed by atoms with Crippen molar-refractivity contribution >= 4 is 11.8 Å². The van der Waals surface area contributed by atoms with Gasteiger partial charge < -0.3 is 9.80 Å². The molecule has 0 aromatic heterocycles. The van der Waals surface area contributed by atoms with E-state index in [9.17, 15) is 18.4 Å². The van der Waals surface area contributed by atoms with Crippen LogP contribution >= 0.6 is 0 Å². The van der Waals surface area contributed by atoms with Gasteiger partial charge in [-0.05, 0) is 75.6 Å². The zero-order chi connectivity index (χ0) is 27.9. The summed E-state index contributed by atoms with van der Waals surface area (Å²) in [5, 5.41) is 0. The van der Waals surface area contributed by atoms with Crippen LogP contribution in [-0.2, 0) is 16.0 Å². The van der Waals surface area contributed by atoms with Crippen LogP contribution in [0.25, 0.3) is 0 Å². The van der Waals surface area contributed by atoms with Crippen molar-refractivity contribution < 1.29 is 18.4 Å². The van der Waals surface area contributed by atoms with Crippen LogP contribution in [-0.4, -0.2) is 71.3 Å². The third-order valence-corrected chi connectivity index (χ3v) is 9.04. The number of hydrogen-bond acceptors (Lipinski definition) is 3. The normalized spacial score (nSPS) is 22.7. The molecule has 7 heteroatoms. The monoisotopic (exact) mass is 537 g/mol. The van der Waals surface area contributed by atoms with Gasteiger partial charge in [-0.15, -0.1) is 0 Å². The second-order valence-electron chi connectivity index (χ2n) is 12.7. The maximum absolute atomic E-state index is 14.9. The van der Waals surface area contributed by atoms with Crippen molar-refractivity contribution in [3.63, 3.8) is 0 Å². The van der Waals surface area contributed by atoms with Crippen molar-refractivity contribution in [3.05, 3.63) is 70.3 Å². The van der Waals surface area contributed by atoms with Crippen molar-refractivity contribution in [3.8, 4) is 0 Å². The average molecular weight is 538 g/mol. The van der Waals surface area contributed by atoms with Gasteiger partial charge in [0.15, 0.2) is 0 Å². The maximum atomic E-state index is 14.9. The van der Waals surface area contributed by atoms with Crippen molar-refractivity contribution in [1.29, 1.82) is 0 Å². The van der Waals surface area contributed by atoms with E-state index in [2.05, 4.69) is 50.8 Å². The lowest BCUT2D eigenvalue weighted by Gasteiger charge is -2.36.